The lowest BCUT2D eigenvalue weighted by Crippen LogP contribution is -2.31. The Morgan fingerprint density at radius 3 is 0.719 bits per heavy atom. The van der Waals surface area contributed by atoms with Gasteiger partial charge in [0.1, 0.15) is 0 Å². The van der Waals surface area contributed by atoms with Crippen molar-refractivity contribution in [3.8, 4) is 0 Å². The first-order chi connectivity index (χ1) is 15.4. The number of rotatable bonds is 24. The van der Waals surface area contributed by atoms with Gasteiger partial charge in [0.25, 0.3) is 0 Å². The molecular formula is C25H59N7. The highest BCUT2D eigenvalue weighted by Gasteiger charge is 2.05. The Labute approximate surface area is 201 Å². The summed E-state index contributed by atoms with van der Waals surface area (Å²) in [6.07, 6.45) is 7.53. The second-order valence-electron chi connectivity index (χ2n) is 9.84. The van der Waals surface area contributed by atoms with Crippen LogP contribution in [0.2, 0.25) is 0 Å². The van der Waals surface area contributed by atoms with Crippen molar-refractivity contribution < 1.29 is 0 Å². The molecule has 2 N–H and O–H groups in total. The first-order valence-corrected chi connectivity index (χ1v) is 13.1. The predicted octanol–water partition coefficient (Wildman–Crippen LogP) is 1.42. The maximum atomic E-state index is 3.22. The van der Waals surface area contributed by atoms with E-state index in [1.165, 1.54) is 104 Å². The molecule has 0 saturated heterocycles. The van der Waals surface area contributed by atoms with Crippen LogP contribution in [0, 0.1) is 0 Å². The van der Waals surface area contributed by atoms with Gasteiger partial charge >= 0.3 is 0 Å². The Morgan fingerprint density at radius 2 is 0.531 bits per heavy atom. The molecule has 32 heavy (non-hydrogen) atoms. The van der Waals surface area contributed by atoms with Crippen molar-refractivity contribution in [2.24, 2.45) is 0 Å². The van der Waals surface area contributed by atoms with E-state index in [4.69, 9.17) is 0 Å². The van der Waals surface area contributed by atoms with Crippen LogP contribution in [0.4, 0.5) is 0 Å². The van der Waals surface area contributed by atoms with E-state index in [0.717, 1.165) is 13.1 Å². The average Bonchev–Trinajstić information content (AvgIpc) is 2.74. The van der Waals surface area contributed by atoms with Gasteiger partial charge in [-0.2, -0.15) is 0 Å². The largest absolute Gasteiger partial charge is 0.320 e. The minimum absolute atomic E-state index is 1.11. The third-order valence-electron chi connectivity index (χ3n) is 6.25. The monoisotopic (exact) mass is 457 g/mol. The van der Waals surface area contributed by atoms with Gasteiger partial charge in [-0.05, 0) is 166 Å². The standard InChI is InChI=1S/C25H59N7/c1-26-14-8-16-28(3)18-10-20-30(5)22-12-24-32(7)25-13-23-31(6)21-11-19-29(4)17-9-15-27-2/h26-27H,8-25H2,1-7H3. The molecule has 0 radical (unpaired) electrons. The number of hydrogen-bond acceptors (Lipinski definition) is 7. The fraction of sp³-hybridized carbons (Fsp3) is 1.00. The Bertz CT molecular complexity index is 349. The van der Waals surface area contributed by atoms with Gasteiger partial charge in [0.2, 0.25) is 0 Å². The van der Waals surface area contributed by atoms with Crippen LogP contribution in [-0.4, -0.2) is 152 Å². The minimum Gasteiger partial charge on any atom is -0.320 e. The molecule has 0 rings (SSSR count). The summed E-state index contributed by atoms with van der Waals surface area (Å²) < 4.78 is 0. The molecule has 0 saturated carbocycles. The first kappa shape index (κ1) is 31.7. The van der Waals surface area contributed by atoms with Crippen molar-refractivity contribution >= 4 is 0 Å². The molecule has 7 heteroatoms. The van der Waals surface area contributed by atoms with Crippen LogP contribution < -0.4 is 10.6 Å². The van der Waals surface area contributed by atoms with Crippen LogP contribution in [0.25, 0.3) is 0 Å². The third kappa shape index (κ3) is 21.6. The van der Waals surface area contributed by atoms with E-state index in [2.05, 4.69) is 70.4 Å². The first-order valence-electron chi connectivity index (χ1n) is 13.1. The zero-order valence-corrected chi connectivity index (χ0v) is 23.0. The zero-order valence-electron chi connectivity index (χ0n) is 23.0. The quantitative estimate of drug-likeness (QED) is 0.213. The van der Waals surface area contributed by atoms with E-state index in [9.17, 15) is 0 Å². The number of hydrogen-bond donors (Lipinski definition) is 2. The summed E-state index contributed by atoms with van der Waals surface area (Å²) in [6.45, 7) is 14.2. The van der Waals surface area contributed by atoms with Crippen molar-refractivity contribution in [3.05, 3.63) is 0 Å². The van der Waals surface area contributed by atoms with Crippen LogP contribution in [0.15, 0.2) is 0 Å². The molecule has 0 aliphatic carbocycles. The highest BCUT2D eigenvalue weighted by Crippen LogP contribution is 1.98. The lowest BCUT2D eigenvalue weighted by Gasteiger charge is -2.23. The second kappa shape index (κ2) is 22.5. The molecule has 0 spiro atoms. The van der Waals surface area contributed by atoms with E-state index in [0.29, 0.717) is 0 Å². The molecule has 0 atom stereocenters. The van der Waals surface area contributed by atoms with Crippen LogP contribution in [-0.2, 0) is 0 Å². The predicted molar refractivity (Wildman–Crippen MR) is 143 cm³/mol. The third-order valence-corrected chi connectivity index (χ3v) is 6.25. The van der Waals surface area contributed by atoms with E-state index in [1.54, 1.807) is 0 Å². The molecule has 0 amide bonds. The number of nitrogens with one attached hydrogen (secondary N) is 2. The van der Waals surface area contributed by atoms with Gasteiger partial charge in [-0.3, -0.25) is 0 Å². The Kier molecular flexibility index (Phi) is 22.3. The van der Waals surface area contributed by atoms with Gasteiger partial charge in [0.05, 0.1) is 0 Å². The zero-order chi connectivity index (χ0) is 24.0. The van der Waals surface area contributed by atoms with E-state index in [1.807, 2.05) is 14.1 Å². The SMILES string of the molecule is CNCCCN(C)CCCN(C)CCCN(C)CCCN(C)CCCN(C)CCCNC. The molecule has 194 valence electrons. The van der Waals surface area contributed by atoms with Gasteiger partial charge in [0.15, 0.2) is 0 Å². The van der Waals surface area contributed by atoms with E-state index in [-0.39, 0.29) is 0 Å². The van der Waals surface area contributed by atoms with Crippen LogP contribution in [0.3, 0.4) is 0 Å². The number of nitrogens with zero attached hydrogens (tertiary/aromatic N) is 5. The highest BCUT2D eigenvalue weighted by molar-refractivity contribution is 4.61. The highest BCUT2D eigenvalue weighted by atomic mass is 15.1. The fourth-order valence-corrected chi connectivity index (χ4v) is 4.05. The molecule has 0 unspecified atom stereocenters. The van der Waals surface area contributed by atoms with Crippen molar-refractivity contribution in [2.75, 3.05) is 128 Å². The summed E-state index contributed by atoms with van der Waals surface area (Å²) in [5, 5.41) is 6.44. The Morgan fingerprint density at radius 1 is 0.344 bits per heavy atom. The Hall–Kier alpha value is -0.280. The lowest BCUT2D eigenvalue weighted by atomic mass is 10.3. The summed E-state index contributed by atoms with van der Waals surface area (Å²) in [4.78, 5) is 12.4. The van der Waals surface area contributed by atoms with Crippen molar-refractivity contribution in [1.29, 1.82) is 0 Å². The van der Waals surface area contributed by atoms with Crippen molar-refractivity contribution in [1.82, 2.24) is 35.1 Å². The van der Waals surface area contributed by atoms with Crippen molar-refractivity contribution in [2.45, 2.75) is 38.5 Å². The molecule has 7 nitrogen and oxygen atoms in total. The molecule has 0 aliphatic heterocycles. The molecule has 0 bridgehead atoms. The van der Waals surface area contributed by atoms with Crippen LogP contribution in [0.5, 0.6) is 0 Å². The van der Waals surface area contributed by atoms with E-state index >= 15 is 0 Å². The molecule has 0 fully saturated rings. The van der Waals surface area contributed by atoms with Gasteiger partial charge in [-0.1, -0.05) is 0 Å². The molecule has 0 aromatic carbocycles. The molecule has 0 aromatic rings. The van der Waals surface area contributed by atoms with Gasteiger partial charge in [-0.15, -0.1) is 0 Å². The minimum atomic E-state index is 1.11. The maximum absolute atomic E-state index is 3.22. The summed E-state index contributed by atoms with van der Waals surface area (Å²) >= 11 is 0. The molecular weight excluding hydrogens is 398 g/mol. The topological polar surface area (TPSA) is 40.3 Å². The fourth-order valence-electron chi connectivity index (χ4n) is 4.05. The average molecular weight is 458 g/mol. The van der Waals surface area contributed by atoms with Gasteiger partial charge < -0.3 is 35.1 Å². The molecule has 0 aliphatic rings. The van der Waals surface area contributed by atoms with Crippen LogP contribution in [0.1, 0.15) is 38.5 Å². The summed E-state index contributed by atoms with van der Waals surface area (Å²) in [5.41, 5.74) is 0. The van der Waals surface area contributed by atoms with Gasteiger partial charge in [-0.25, -0.2) is 0 Å². The molecule has 0 aromatic heterocycles. The van der Waals surface area contributed by atoms with Crippen LogP contribution >= 0.6 is 0 Å². The lowest BCUT2D eigenvalue weighted by molar-refractivity contribution is 0.241. The second-order valence-corrected chi connectivity index (χ2v) is 9.84. The Balaban J connectivity index is 3.58. The smallest absolute Gasteiger partial charge is 0.000959 e. The maximum Gasteiger partial charge on any atom is -0.000959 e. The van der Waals surface area contributed by atoms with Crippen molar-refractivity contribution in [3.63, 3.8) is 0 Å². The summed E-state index contributed by atoms with van der Waals surface area (Å²) in [7, 11) is 15.4. The van der Waals surface area contributed by atoms with E-state index < -0.39 is 0 Å². The van der Waals surface area contributed by atoms with Gasteiger partial charge in [0, 0.05) is 0 Å². The summed E-state index contributed by atoms with van der Waals surface area (Å²) in [5.74, 6) is 0. The normalized spacial score (nSPS) is 12.4. The molecule has 0 heterocycles. The summed E-state index contributed by atoms with van der Waals surface area (Å²) in [6, 6.07) is 0.